The van der Waals surface area contributed by atoms with Crippen LogP contribution in [0, 0.1) is 0 Å². The Kier molecular flexibility index (Phi) is 4.59. The number of anilines is 1. The van der Waals surface area contributed by atoms with Crippen molar-refractivity contribution >= 4 is 46.6 Å². The number of rotatable bonds is 3. The van der Waals surface area contributed by atoms with E-state index in [1.54, 1.807) is 12.1 Å². The molecule has 0 aliphatic carbocycles. The number of nitrogens with two attached hydrogens (primary N) is 1. The largest absolute Gasteiger partial charge is 0.396 e. The molecule has 0 saturated heterocycles. The second-order valence-electron chi connectivity index (χ2n) is 2.78. The Labute approximate surface area is 98.5 Å². The normalized spacial score (nSPS) is 11.1. The number of alkyl halides is 1. The minimum absolute atomic E-state index is 0.419. The Bertz CT molecular complexity index is 324. The van der Waals surface area contributed by atoms with E-state index in [1.807, 2.05) is 12.2 Å². The van der Waals surface area contributed by atoms with Gasteiger partial charge in [0.1, 0.15) is 0 Å². The summed E-state index contributed by atoms with van der Waals surface area (Å²) in [6, 6.07) is 3.54. The average molecular weight is 251 g/mol. The molecule has 0 radical (unpaired) electrons. The zero-order chi connectivity index (χ0) is 10.6. The molecule has 0 amide bonds. The van der Waals surface area contributed by atoms with Gasteiger partial charge in [-0.2, -0.15) is 0 Å². The summed E-state index contributed by atoms with van der Waals surface area (Å²) in [5.41, 5.74) is 6.95. The SMILES string of the molecule is Nc1c(Cl)cc(C=CCCCl)cc1Cl. The molecule has 1 rings (SSSR count). The quantitative estimate of drug-likeness (QED) is 0.631. The van der Waals surface area contributed by atoms with Gasteiger partial charge in [-0.1, -0.05) is 35.4 Å². The van der Waals surface area contributed by atoms with E-state index in [0.29, 0.717) is 21.6 Å². The molecule has 2 N–H and O–H groups in total. The van der Waals surface area contributed by atoms with E-state index in [9.17, 15) is 0 Å². The van der Waals surface area contributed by atoms with Crippen LogP contribution in [0.4, 0.5) is 5.69 Å². The average Bonchev–Trinajstić information content (AvgIpc) is 2.14. The summed E-state index contributed by atoms with van der Waals surface area (Å²) in [7, 11) is 0. The van der Waals surface area contributed by atoms with Gasteiger partial charge in [0.05, 0.1) is 15.7 Å². The Morgan fingerprint density at radius 3 is 2.29 bits per heavy atom. The van der Waals surface area contributed by atoms with Crippen molar-refractivity contribution in [2.45, 2.75) is 6.42 Å². The molecule has 76 valence electrons. The first-order valence-corrected chi connectivity index (χ1v) is 5.41. The van der Waals surface area contributed by atoms with E-state index in [-0.39, 0.29) is 0 Å². The molecule has 0 saturated carbocycles. The Morgan fingerprint density at radius 1 is 1.21 bits per heavy atom. The summed E-state index contributed by atoms with van der Waals surface area (Å²) in [6.07, 6.45) is 4.70. The highest BCUT2D eigenvalue weighted by molar-refractivity contribution is 6.39. The first-order valence-electron chi connectivity index (χ1n) is 4.12. The van der Waals surface area contributed by atoms with Crippen LogP contribution in [-0.4, -0.2) is 5.88 Å². The highest BCUT2D eigenvalue weighted by Crippen LogP contribution is 2.29. The lowest BCUT2D eigenvalue weighted by molar-refractivity contribution is 1.24. The van der Waals surface area contributed by atoms with Crippen molar-refractivity contribution in [3.8, 4) is 0 Å². The predicted molar refractivity (Wildman–Crippen MR) is 65.2 cm³/mol. The van der Waals surface area contributed by atoms with E-state index in [2.05, 4.69) is 0 Å². The maximum Gasteiger partial charge on any atom is 0.0693 e. The zero-order valence-electron chi connectivity index (χ0n) is 7.43. The molecule has 1 nitrogen and oxygen atoms in total. The third-order valence-corrected chi connectivity index (χ3v) is 2.53. The van der Waals surface area contributed by atoms with Crippen LogP contribution in [0.5, 0.6) is 0 Å². The van der Waals surface area contributed by atoms with Gasteiger partial charge in [0.25, 0.3) is 0 Å². The van der Waals surface area contributed by atoms with Crippen LogP contribution in [0.15, 0.2) is 18.2 Å². The van der Waals surface area contributed by atoms with Crippen molar-refractivity contribution in [3.05, 3.63) is 33.8 Å². The van der Waals surface area contributed by atoms with Gasteiger partial charge in [0.2, 0.25) is 0 Å². The van der Waals surface area contributed by atoms with Crippen LogP contribution in [0.3, 0.4) is 0 Å². The van der Waals surface area contributed by atoms with Gasteiger partial charge in [0.15, 0.2) is 0 Å². The van der Waals surface area contributed by atoms with E-state index in [0.717, 1.165) is 12.0 Å². The number of hydrogen-bond donors (Lipinski definition) is 1. The van der Waals surface area contributed by atoms with Gasteiger partial charge in [-0.05, 0) is 24.1 Å². The summed E-state index contributed by atoms with van der Waals surface area (Å²) in [5.74, 6) is 0.604. The minimum Gasteiger partial charge on any atom is -0.396 e. The number of halogens is 3. The summed E-state index contributed by atoms with van der Waals surface area (Å²) in [4.78, 5) is 0. The molecule has 0 atom stereocenters. The van der Waals surface area contributed by atoms with E-state index >= 15 is 0 Å². The zero-order valence-corrected chi connectivity index (χ0v) is 9.70. The molecule has 0 unspecified atom stereocenters. The van der Waals surface area contributed by atoms with Crippen molar-refractivity contribution in [1.82, 2.24) is 0 Å². The van der Waals surface area contributed by atoms with Crippen LogP contribution in [0.25, 0.3) is 6.08 Å². The first kappa shape index (κ1) is 11.7. The van der Waals surface area contributed by atoms with Crippen molar-refractivity contribution in [2.75, 3.05) is 11.6 Å². The van der Waals surface area contributed by atoms with Crippen molar-refractivity contribution in [3.63, 3.8) is 0 Å². The number of benzene rings is 1. The van der Waals surface area contributed by atoms with Gasteiger partial charge in [0, 0.05) is 5.88 Å². The molecular formula is C10H10Cl3N. The second kappa shape index (κ2) is 5.50. The molecule has 0 aliphatic heterocycles. The van der Waals surface area contributed by atoms with Crippen LogP contribution in [0.2, 0.25) is 10.0 Å². The maximum absolute atomic E-state index is 5.86. The lowest BCUT2D eigenvalue weighted by Gasteiger charge is -2.02. The molecule has 0 aliphatic rings. The topological polar surface area (TPSA) is 26.0 Å². The Balaban J connectivity index is 2.89. The van der Waals surface area contributed by atoms with Gasteiger partial charge in [-0.3, -0.25) is 0 Å². The highest BCUT2D eigenvalue weighted by atomic mass is 35.5. The standard InChI is InChI=1S/C10H10Cl3N/c11-4-2-1-3-7-5-8(12)10(14)9(13)6-7/h1,3,5-6H,2,4,14H2. The van der Waals surface area contributed by atoms with Crippen LogP contribution >= 0.6 is 34.8 Å². The van der Waals surface area contributed by atoms with Crippen molar-refractivity contribution in [2.24, 2.45) is 0 Å². The van der Waals surface area contributed by atoms with E-state index in [1.165, 1.54) is 0 Å². The van der Waals surface area contributed by atoms with Gasteiger partial charge in [-0.25, -0.2) is 0 Å². The summed E-state index contributed by atoms with van der Waals surface area (Å²) >= 11 is 17.3. The lowest BCUT2D eigenvalue weighted by atomic mass is 10.2. The molecule has 1 aromatic carbocycles. The maximum atomic E-state index is 5.86. The van der Waals surface area contributed by atoms with E-state index in [4.69, 9.17) is 40.5 Å². The molecule has 14 heavy (non-hydrogen) atoms. The van der Waals surface area contributed by atoms with Crippen LogP contribution < -0.4 is 5.73 Å². The molecule has 0 bridgehead atoms. The van der Waals surface area contributed by atoms with Crippen LogP contribution in [0.1, 0.15) is 12.0 Å². The number of nitrogen functional groups attached to an aromatic ring is 1. The minimum atomic E-state index is 0.419. The Morgan fingerprint density at radius 2 is 1.79 bits per heavy atom. The number of allylic oxidation sites excluding steroid dienone is 1. The van der Waals surface area contributed by atoms with Crippen LogP contribution in [-0.2, 0) is 0 Å². The Hall–Kier alpha value is -0.370. The molecule has 0 spiro atoms. The molecule has 0 aromatic heterocycles. The molecule has 0 fully saturated rings. The fourth-order valence-corrected chi connectivity index (χ4v) is 1.61. The monoisotopic (exact) mass is 249 g/mol. The third kappa shape index (κ3) is 3.09. The fraction of sp³-hybridized carbons (Fsp3) is 0.200. The van der Waals surface area contributed by atoms with Crippen molar-refractivity contribution in [1.29, 1.82) is 0 Å². The molecular weight excluding hydrogens is 240 g/mol. The molecule has 0 heterocycles. The molecule has 1 aromatic rings. The second-order valence-corrected chi connectivity index (χ2v) is 3.97. The van der Waals surface area contributed by atoms with Crippen molar-refractivity contribution < 1.29 is 0 Å². The van der Waals surface area contributed by atoms with Gasteiger partial charge >= 0.3 is 0 Å². The lowest BCUT2D eigenvalue weighted by Crippen LogP contribution is -1.88. The first-order chi connectivity index (χ1) is 6.65. The molecule has 4 heteroatoms. The summed E-state index contributed by atoms with van der Waals surface area (Å²) < 4.78 is 0. The summed E-state index contributed by atoms with van der Waals surface area (Å²) in [5, 5.41) is 0.950. The summed E-state index contributed by atoms with van der Waals surface area (Å²) in [6.45, 7) is 0. The number of hydrogen-bond acceptors (Lipinski definition) is 1. The third-order valence-electron chi connectivity index (χ3n) is 1.69. The highest BCUT2D eigenvalue weighted by Gasteiger charge is 2.02. The predicted octanol–water partition coefficient (Wildman–Crippen LogP) is 4.22. The smallest absolute Gasteiger partial charge is 0.0693 e. The van der Waals surface area contributed by atoms with Gasteiger partial charge in [-0.15, -0.1) is 11.6 Å². The van der Waals surface area contributed by atoms with Gasteiger partial charge < -0.3 is 5.73 Å². The van der Waals surface area contributed by atoms with E-state index < -0.39 is 0 Å². The fourth-order valence-electron chi connectivity index (χ4n) is 0.983.